The van der Waals surface area contributed by atoms with Crippen LogP contribution in [0.4, 0.5) is 0 Å². The van der Waals surface area contributed by atoms with E-state index in [9.17, 15) is 0 Å². The highest BCUT2D eigenvalue weighted by molar-refractivity contribution is 6.02. The van der Waals surface area contributed by atoms with Crippen molar-refractivity contribution in [2.45, 2.75) is 0 Å². The Bertz CT molecular complexity index is 876. The molecule has 3 rings (SSSR count). The van der Waals surface area contributed by atoms with Gasteiger partial charge in [0.1, 0.15) is 30.5 Å². The molecule has 0 atom stereocenters. The predicted molar refractivity (Wildman–Crippen MR) is 97.3 cm³/mol. The first-order valence-electron chi connectivity index (χ1n) is 7.90. The second-order valence-corrected chi connectivity index (χ2v) is 5.32. The van der Waals surface area contributed by atoms with Crippen LogP contribution in [0.2, 0.25) is 0 Å². The standard InChI is InChI=1S/C20H19NO4/c1-23-16-6-4-7-17(13-16)24-11-12-25-20-10-9-15-5-2-3-8-18(15)19(20)14-21-22/h2-10,13-14,22H,11-12H2,1H3/b21-14+. The fourth-order valence-electron chi connectivity index (χ4n) is 2.59. The molecule has 0 aliphatic heterocycles. The van der Waals surface area contributed by atoms with Gasteiger partial charge in [-0.1, -0.05) is 41.6 Å². The van der Waals surface area contributed by atoms with Crippen LogP contribution >= 0.6 is 0 Å². The lowest BCUT2D eigenvalue weighted by molar-refractivity contribution is 0.216. The maximum atomic E-state index is 8.95. The zero-order valence-electron chi connectivity index (χ0n) is 13.9. The molecule has 0 amide bonds. The smallest absolute Gasteiger partial charge is 0.129 e. The van der Waals surface area contributed by atoms with E-state index >= 15 is 0 Å². The minimum atomic E-state index is 0.363. The predicted octanol–water partition coefficient (Wildman–Crippen LogP) is 4.11. The number of hydrogen-bond acceptors (Lipinski definition) is 5. The van der Waals surface area contributed by atoms with Crippen molar-refractivity contribution in [2.75, 3.05) is 20.3 Å². The van der Waals surface area contributed by atoms with Gasteiger partial charge >= 0.3 is 0 Å². The lowest BCUT2D eigenvalue weighted by Crippen LogP contribution is -2.10. The second kappa shape index (κ2) is 8.06. The molecule has 1 N–H and O–H groups in total. The van der Waals surface area contributed by atoms with Gasteiger partial charge in [0.25, 0.3) is 0 Å². The van der Waals surface area contributed by atoms with Crippen molar-refractivity contribution in [1.82, 2.24) is 0 Å². The number of oxime groups is 1. The Balaban J connectivity index is 1.67. The molecule has 0 radical (unpaired) electrons. The highest BCUT2D eigenvalue weighted by Gasteiger charge is 2.07. The average molecular weight is 337 g/mol. The van der Waals surface area contributed by atoms with Gasteiger partial charge in [0.05, 0.1) is 13.3 Å². The van der Waals surface area contributed by atoms with Crippen LogP contribution in [0.25, 0.3) is 10.8 Å². The summed E-state index contributed by atoms with van der Waals surface area (Å²) in [6.07, 6.45) is 1.39. The Morgan fingerprint density at radius 1 is 0.920 bits per heavy atom. The molecule has 0 aliphatic carbocycles. The Morgan fingerprint density at radius 2 is 1.72 bits per heavy atom. The number of benzene rings is 3. The molecule has 3 aromatic rings. The van der Waals surface area contributed by atoms with Gasteiger partial charge in [-0.05, 0) is 29.0 Å². The average Bonchev–Trinajstić information content (AvgIpc) is 2.67. The van der Waals surface area contributed by atoms with Gasteiger partial charge in [-0.15, -0.1) is 0 Å². The Morgan fingerprint density at radius 3 is 2.56 bits per heavy atom. The molecule has 25 heavy (non-hydrogen) atoms. The molecule has 0 saturated heterocycles. The number of rotatable bonds is 7. The van der Waals surface area contributed by atoms with Crippen molar-refractivity contribution in [3.8, 4) is 17.2 Å². The largest absolute Gasteiger partial charge is 0.497 e. The van der Waals surface area contributed by atoms with Crippen LogP contribution in [-0.4, -0.2) is 31.7 Å². The van der Waals surface area contributed by atoms with Gasteiger partial charge in [0.15, 0.2) is 0 Å². The first kappa shape index (κ1) is 16.6. The summed E-state index contributed by atoms with van der Waals surface area (Å²) in [7, 11) is 1.62. The van der Waals surface area contributed by atoms with Crippen molar-refractivity contribution >= 4 is 17.0 Å². The van der Waals surface area contributed by atoms with Gasteiger partial charge in [-0.2, -0.15) is 0 Å². The maximum absolute atomic E-state index is 8.95. The van der Waals surface area contributed by atoms with Crippen molar-refractivity contribution in [1.29, 1.82) is 0 Å². The molecule has 5 nitrogen and oxygen atoms in total. The zero-order valence-corrected chi connectivity index (χ0v) is 13.9. The van der Waals surface area contributed by atoms with Crippen LogP contribution in [0.15, 0.2) is 65.8 Å². The number of hydrogen-bond donors (Lipinski definition) is 1. The Kier molecular flexibility index (Phi) is 5.36. The van der Waals surface area contributed by atoms with E-state index in [0.717, 1.165) is 27.8 Å². The fourth-order valence-corrected chi connectivity index (χ4v) is 2.59. The summed E-state index contributed by atoms with van der Waals surface area (Å²) < 4.78 is 16.7. The number of methoxy groups -OCH3 is 1. The topological polar surface area (TPSA) is 60.3 Å². The SMILES string of the molecule is COc1cccc(OCCOc2ccc3ccccc3c2/C=N/O)c1. The van der Waals surface area contributed by atoms with E-state index in [4.69, 9.17) is 19.4 Å². The lowest BCUT2D eigenvalue weighted by atomic mass is 10.0. The van der Waals surface area contributed by atoms with Crippen LogP contribution in [0.1, 0.15) is 5.56 Å². The van der Waals surface area contributed by atoms with Crippen LogP contribution in [0.5, 0.6) is 17.2 Å². The van der Waals surface area contributed by atoms with Gasteiger partial charge < -0.3 is 19.4 Å². The lowest BCUT2D eigenvalue weighted by Gasteiger charge is -2.12. The van der Waals surface area contributed by atoms with Crippen molar-refractivity contribution in [3.63, 3.8) is 0 Å². The molecule has 0 aliphatic rings. The Labute approximate surface area is 146 Å². The summed E-state index contributed by atoms with van der Waals surface area (Å²) in [4.78, 5) is 0. The first-order valence-corrected chi connectivity index (χ1v) is 7.90. The van der Waals surface area contributed by atoms with Crippen molar-refractivity contribution in [3.05, 3.63) is 66.2 Å². The number of ether oxygens (including phenoxy) is 3. The van der Waals surface area contributed by atoms with E-state index in [-0.39, 0.29) is 0 Å². The highest BCUT2D eigenvalue weighted by atomic mass is 16.5. The van der Waals surface area contributed by atoms with Crippen LogP contribution in [-0.2, 0) is 0 Å². The third-order valence-corrected chi connectivity index (χ3v) is 3.77. The van der Waals surface area contributed by atoms with E-state index in [1.807, 2.05) is 60.7 Å². The third-order valence-electron chi connectivity index (χ3n) is 3.77. The first-order chi connectivity index (χ1) is 12.3. The molecule has 0 heterocycles. The maximum Gasteiger partial charge on any atom is 0.129 e. The van der Waals surface area contributed by atoms with Crippen molar-refractivity contribution < 1.29 is 19.4 Å². The Hall–Kier alpha value is -3.21. The molecule has 0 unspecified atom stereocenters. The van der Waals surface area contributed by atoms with E-state index in [1.165, 1.54) is 6.21 Å². The molecule has 0 aromatic heterocycles. The van der Waals surface area contributed by atoms with Gasteiger partial charge in [0.2, 0.25) is 0 Å². The van der Waals surface area contributed by atoms with E-state index in [2.05, 4.69) is 5.16 Å². The van der Waals surface area contributed by atoms with Gasteiger partial charge in [0, 0.05) is 11.6 Å². The number of nitrogens with zero attached hydrogens (tertiary/aromatic N) is 1. The summed E-state index contributed by atoms with van der Waals surface area (Å²) >= 11 is 0. The monoisotopic (exact) mass is 337 g/mol. The van der Waals surface area contributed by atoms with Crippen molar-refractivity contribution in [2.24, 2.45) is 5.16 Å². The zero-order chi connectivity index (χ0) is 17.5. The minimum Gasteiger partial charge on any atom is -0.497 e. The van der Waals surface area contributed by atoms with Gasteiger partial charge in [-0.3, -0.25) is 0 Å². The summed E-state index contributed by atoms with van der Waals surface area (Å²) in [5.74, 6) is 2.11. The fraction of sp³-hybridized carbons (Fsp3) is 0.150. The normalized spacial score (nSPS) is 10.9. The minimum absolute atomic E-state index is 0.363. The number of fused-ring (bicyclic) bond motifs is 1. The molecule has 0 saturated carbocycles. The molecule has 0 spiro atoms. The van der Waals surface area contributed by atoms with E-state index in [0.29, 0.717) is 19.0 Å². The van der Waals surface area contributed by atoms with E-state index < -0.39 is 0 Å². The molecular formula is C20H19NO4. The van der Waals surface area contributed by atoms with Crippen LogP contribution in [0.3, 0.4) is 0 Å². The molecule has 3 aromatic carbocycles. The molecule has 0 fully saturated rings. The van der Waals surface area contributed by atoms with E-state index in [1.54, 1.807) is 7.11 Å². The summed E-state index contributed by atoms with van der Waals surface area (Å²) in [6.45, 7) is 0.748. The quantitative estimate of drug-likeness (QED) is 0.305. The summed E-state index contributed by atoms with van der Waals surface area (Å²) in [5, 5.41) is 14.1. The van der Waals surface area contributed by atoms with Gasteiger partial charge in [-0.25, -0.2) is 0 Å². The molecular weight excluding hydrogens is 318 g/mol. The summed E-state index contributed by atoms with van der Waals surface area (Å²) in [6, 6.07) is 19.1. The summed E-state index contributed by atoms with van der Waals surface area (Å²) in [5.41, 5.74) is 0.738. The highest BCUT2D eigenvalue weighted by Crippen LogP contribution is 2.27. The second-order valence-electron chi connectivity index (χ2n) is 5.32. The molecule has 0 bridgehead atoms. The third kappa shape index (κ3) is 4.01. The molecule has 5 heteroatoms. The van der Waals surface area contributed by atoms with Crippen LogP contribution < -0.4 is 14.2 Å². The molecule has 128 valence electrons. The van der Waals surface area contributed by atoms with Crippen LogP contribution in [0, 0.1) is 0 Å².